The molecule has 0 radical (unpaired) electrons. The van der Waals surface area contributed by atoms with Crippen LogP contribution in [-0.2, 0) is 14.3 Å². The lowest BCUT2D eigenvalue weighted by Gasteiger charge is -2.28. The fourth-order valence-corrected chi connectivity index (χ4v) is 4.58. The number of ether oxygens (including phenoxy) is 2. The Bertz CT molecular complexity index is 459. The van der Waals surface area contributed by atoms with Crippen LogP contribution >= 0.6 is 0 Å². The summed E-state index contributed by atoms with van der Waals surface area (Å²) in [5, 5.41) is 8.71. The SMILES string of the molecule is CCCC/C=C(\CC)CCOC1C2CCC(O2)C1CCCCCCC(=O)O. The Kier molecular flexibility index (Phi) is 10.4. The summed E-state index contributed by atoms with van der Waals surface area (Å²) in [7, 11) is 0. The second-order valence-electron chi connectivity index (χ2n) is 8.24. The highest BCUT2D eigenvalue weighted by Crippen LogP contribution is 2.43. The zero-order valence-electron chi connectivity index (χ0n) is 17.5. The number of carboxylic acid groups (broad SMARTS) is 1. The van der Waals surface area contributed by atoms with E-state index in [4.69, 9.17) is 14.6 Å². The molecule has 4 unspecified atom stereocenters. The maximum atomic E-state index is 10.6. The summed E-state index contributed by atoms with van der Waals surface area (Å²) in [6.07, 6.45) is 17.2. The van der Waals surface area contributed by atoms with E-state index in [1.807, 2.05) is 0 Å². The van der Waals surface area contributed by atoms with Crippen molar-refractivity contribution in [2.24, 2.45) is 5.92 Å². The molecule has 0 aliphatic carbocycles. The third-order valence-electron chi connectivity index (χ3n) is 6.21. The van der Waals surface area contributed by atoms with Gasteiger partial charge in [-0.15, -0.1) is 0 Å². The van der Waals surface area contributed by atoms with Crippen LogP contribution in [0.3, 0.4) is 0 Å². The predicted octanol–water partition coefficient (Wildman–Crippen LogP) is 5.89. The zero-order chi connectivity index (χ0) is 19.5. The molecule has 1 N–H and O–H groups in total. The van der Waals surface area contributed by atoms with E-state index in [2.05, 4.69) is 19.9 Å². The zero-order valence-corrected chi connectivity index (χ0v) is 17.5. The second-order valence-corrected chi connectivity index (χ2v) is 8.24. The van der Waals surface area contributed by atoms with Crippen molar-refractivity contribution in [2.45, 2.75) is 116 Å². The van der Waals surface area contributed by atoms with Crippen molar-refractivity contribution in [1.82, 2.24) is 0 Å². The topological polar surface area (TPSA) is 55.8 Å². The average Bonchev–Trinajstić information content (AvgIpc) is 3.25. The Morgan fingerprint density at radius 2 is 1.85 bits per heavy atom. The van der Waals surface area contributed by atoms with Gasteiger partial charge in [0.1, 0.15) is 0 Å². The van der Waals surface area contributed by atoms with Gasteiger partial charge in [0.25, 0.3) is 0 Å². The summed E-state index contributed by atoms with van der Waals surface area (Å²) in [4.78, 5) is 10.6. The maximum absolute atomic E-state index is 10.6. The smallest absolute Gasteiger partial charge is 0.303 e. The third-order valence-corrected chi connectivity index (χ3v) is 6.21. The van der Waals surface area contributed by atoms with E-state index in [0.717, 1.165) is 58.0 Å². The fourth-order valence-electron chi connectivity index (χ4n) is 4.58. The molecule has 0 saturated carbocycles. The highest BCUT2D eigenvalue weighted by molar-refractivity contribution is 5.66. The van der Waals surface area contributed by atoms with Crippen molar-refractivity contribution >= 4 is 5.97 Å². The molecule has 2 aliphatic heterocycles. The van der Waals surface area contributed by atoms with Crippen LogP contribution in [0.4, 0.5) is 0 Å². The normalized spacial score (nSPS) is 27.4. The number of hydrogen-bond donors (Lipinski definition) is 1. The Hall–Kier alpha value is -0.870. The molecule has 2 heterocycles. The molecule has 27 heavy (non-hydrogen) atoms. The molecule has 2 bridgehead atoms. The largest absolute Gasteiger partial charge is 0.481 e. The van der Waals surface area contributed by atoms with Gasteiger partial charge in [0, 0.05) is 12.3 Å². The Morgan fingerprint density at radius 1 is 1.07 bits per heavy atom. The molecule has 0 aromatic carbocycles. The number of rotatable bonds is 15. The molecule has 2 fully saturated rings. The van der Waals surface area contributed by atoms with Gasteiger partial charge in [0.15, 0.2) is 0 Å². The van der Waals surface area contributed by atoms with Crippen molar-refractivity contribution in [2.75, 3.05) is 6.61 Å². The van der Waals surface area contributed by atoms with Crippen LogP contribution in [0.15, 0.2) is 11.6 Å². The molecule has 0 aromatic rings. The van der Waals surface area contributed by atoms with Gasteiger partial charge in [-0.2, -0.15) is 0 Å². The summed E-state index contributed by atoms with van der Waals surface area (Å²) < 4.78 is 12.5. The van der Waals surface area contributed by atoms with E-state index in [1.54, 1.807) is 0 Å². The molecule has 2 aliphatic rings. The van der Waals surface area contributed by atoms with Crippen LogP contribution in [0, 0.1) is 5.92 Å². The van der Waals surface area contributed by atoms with Gasteiger partial charge in [-0.05, 0) is 44.9 Å². The van der Waals surface area contributed by atoms with Gasteiger partial charge in [-0.25, -0.2) is 0 Å². The molecule has 0 amide bonds. The van der Waals surface area contributed by atoms with Crippen molar-refractivity contribution in [3.8, 4) is 0 Å². The summed E-state index contributed by atoms with van der Waals surface area (Å²) in [5.41, 5.74) is 1.53. The number of aliphatic carboxylic acids is 1. The van der Waals surface area contributed by atoms with Gasteiger partial charge in [-0.1, -0.05) is 57.6 Å². The van der Waals surface area contributed by atoms with Gasteiger partial charge < -0.3 is 14.6 Å². The summed E-state index contributed by atoms with van der Waals surface area (Å²) in [5.74, 6) is -0.141. The molecule has 156 valence electrons. The van der Waals surface area contributed by atoms with Gasteiger partial charge in [0.05, 0.1) is 24.9 Å². The van der Waals surface area contributed by atoms with Crippen molar-refractivity contribution in [1.29, 1.82) is 0 Å². The number of fused-ring (bicyclic) bond motifs is 2. The van der Waals surface area contributed by atoms with Crippen molar-refractivity contribution in [3.05, 3.63) is 11.6 Å². The lowest BCUT2D eigenvalue weighted by Crippen LogP contribution is -2.35. The number of carboxylic acids is 1. The predicted molar refractivity (Wildman–Crippen MR) is 109 cm³/mol. The minimum atomic E-state index is -0.680. The molecule has 4 heteroatoms. The van der Waals surface area contributed by atoms with Crippen LogP contribution < -0.4 is 0 Å². The minimum Gasteiger partial charge on any atom is -0.481 e. The fraction of sp³-hybridized carbons (Fsp3) is 0.870. The maximum Gasteiger partial charge on any atom is 0.303 e. The van der Waals surface area contributed by atoms with E-state index < -0.39 is 5.97 Å². The first-order chi connectivity index (χ1) is 13.2. The average molecular weight is 381 g/mol. The third kappa shape index (κ3) is 7.57. The van der Waals surface area contributed by atoms with E-state index in [1.165, 1.54) is 31.3 Å². The first-order valence-corrected chi connectivity index (χ1v) is 11.3. The molecule has 0 spiro atoms. The second kappa shape index (κ2) is 12.6. The Morgan fingerprint density at radius 3 is 2.59 bits per heavy atom. The van der Waals surface area contributed by atoms with Gasteiger partial charge >= 0.3 is 5.97 Å². The van der Waals surface area contributed by atoms with Crippen molar-refractivity contribution < 1.29 is 19.4 Å². The lowest BCUT2D eigenvalue weighted by molar-refractivity contribution is -0.137. The van der Waals surface area contributed by atoms with Crippen LogP contribution in [-0.4, -0.2) is 36.0 Å². The van der Waals surface area contributed by atoms with Crippen LogP contribution in [0.25, 0.3) is 0 Å². The Balaban J connectivity index is 1.69. The van der Waals surface area contributed by atoms with Crippen LogP contribution in [0.1, 0.15) is 97.3 Å². The monoisotopic (exact) mass is 380 g/mol. The molecular weight excluding hydrogens is 340 g/mol. The van der Waals surface area contributed by atoms with Crippen molar-refractivity contribution in [3.63, 3.8) is 0 Å². The van der Waals surface area contributed by atoms with E-state index >= 15 is 0 Å². The number of carbonyl (C=O) groups is 1. The van der Waals surface area contributed by atoms with Gasteiger partial charge in [0.2, 0.25) is 0 Å². The molecule has 2 rings (SSSR count). The van der Waals surface area contributed by atoms with Crippen LogP contribution in [0.2, 0.25) is 0 Å². The number of allylic oxidation sites excluding steroid dienone is 1. The quantitative estimate of drug-likeness (QED) is 0.284. The minimum absolute atomic E-state index is 0.275. The highest BCUT2D eigenvalue weighted by atomic mass is 16.6. The van der Waals surface area contributed by atoms with E-state index in [0.29, 0.717) is 24.5 Å². The van der Waals surface area contributed by atoms with E-state index in [-0.39, 0.29) is 6.10 Å². The first-order valence-electron chi connectivity index (χ1n) is 11.3. The highest BCUT2D eigenvalue weighted by Gasteiger charge is 2.49. The molecule has 2 saturated heterocycles. The lowest BCUT2D eigenvalue weighted by atomic mass is 9.83. The standard InChI is InChI=1S/C23H40O4/c1-3-5-8-11-18(4-2)16-17-26-23-19(20-14-15-21(23)27-20)12-9-6-7-10-13-22(24)25/h11,19-21,23H,3-10,12-17H2,1-2H3,(H,24,25)/b18-11+. The first kappa shape index (κ1) is 22.4. The molecular formula is C23H40O4. The summed E-state index contributed by atoms with van der Waals surface area (Å²) in [6.45, 7) is 5.30. The summed E-state index contributed by atoms with van der Waals surface area (Å²) in [6, 6.07) is 0. The molecule has 0 aromatic heterocycles. The molecule has 4 nitrogen and oxygen atoms in total. The summed E-state index contributed by atoms with van der Waals surface area (Å²) >= 11 is 0. The number of unbranched alkanes of at least 4 members (excludes halogenated alkanes) is 5. The molecule has 4 atom stereocenters. The van der Waals surface area contributed by atoms with Gasteiger partial charge in [-0.3, -0.25) is 4.79 Å². The number of hydrogen-bond acceptors (Lipinski definition) is 3. The van der Waals surface area contributed by atoms with E-state index in [9.17, 15) is 4.79 Å². The van der Waals surface area contributed by atoms with Crippen LogP contribution in [0.5, 0.6) is 0 Å². The Labute approximate surface area is 165 Å².